The quantitative estimate of drug-likeness (QED) is 0.246. The van der Waals surface area contributed by atoms with Crippen LogP contribution in [0.1, 0.15) is 5.56 Å². The van der Waals surface area contributed by atoms with E-state index in [1.807, 2.05) is 0 Å². The number of anilines is 1. The molecule has 5 atom stereocenters. The maximum Gasteiger partial charge on any atom is 0.235 e. The number of benzene rings is 2. The Morgan fingerprint density at radius 2 is 1.70 bits per heavy atom. The summed E-state index contributed by atoms with van der Waals surface area (Å²) in [6, 6.07) is 6.66. The number of aliphatic hydroxyl groups excluding tert-OH is 4. The molecule has 1 fully saturated rings. The fourth-order valence-corrected chi connectivity index (χ4v) is 3.77. The molecule has 1 aliphatic rings. The highest BCUT2D eigenvalue weighted by Crippen LogP contribution is 2.37. The van der Waals surface area contributed by atoms with Crippen molar-refractivity contribution in [2.45, 2.75) is 37.6 Å². The van der Waals surface area contributed by atoms with Gasteiger partial charge >= 0.3 is 0 Å². The van der Waals surface area contributed by atoms with Crippen LogP contribution in [0, 0.1) is 6.92 Å². The number of hydrogen-bond donors (Lipinski definition) is 8. The third-order valence-electron chi connectivity index (χ3n) is 5.54. The van der Waals surface area contributed by atoms with Crippen molar-refractivity contribution in [2.24, 2.45) is 0 Å². The van der Waals surface area contributed by atoms with Gasteiger partial charge in [-0.25, -0.2) is 0 Å². The molecular weight excluding hydrogens is 438 g/mol. The molecule has 33 heavy (non-hydrogen) atoms. The molecule has 0 spiro atoms. The van der Waals surface area contributed by atoms with E-state index in [9.17, 15) is 40.5 Å². The number of rotatable bonds is 4. The summed E-state index contributed by atoms with van der Waals surface area (Å²) >= 11 is 0. The summed E-state index contributed by atoms with van der Waals surface area (Å²) in [5.41, 5.74) is 0.0791. The largest absolute Gasteiger partial charge is 0.504 e. The maximum atomic E-state index is 12.9. The van der Waals surface area contributed by atoms with Crippen LogP contribution in [0.25, 0.3) is 22.3 Å². The molecule has 0 aliphatic carbocycles. The summed E-state index contributed by atoms with van der Waals surface area (Å²) in [7, 11) is 0. The van der Waals surface area contributed by atoms with Gasteiger partial charge in [0.2, 0.25) is 11.2 Å². The Balaban J connectivity index is 1.84. The van der Waals surface area contributed by atoms with Crippen LogP contribution in [0.2, 0.25) is 0 Å². The summed E-state index contributed by atoms with van der Waals surface area (Å²) in [5, 5.41) is 72.4. The fourth-order valence-electron chi connectivity index (χ4n) is 3.77. The minimum Gasteiger partial charge on any atom is -0.504 e. The molecule has 1 aromatic heterocycles. The molecule has 11 heteroatoms. The van der Waals surface area contributed by atoms with Crippen molar-refractivity contribution < 1.29 is 44.9 Å². The molecule has 2 aromatic carbocycles. The van der Waals surface area contributed by atoms with Gasteiger partial charge in [-0.2, -0.15) is 0 Å². The lowest BCUT2D eigenvalue weighted by Crippen LogP contribution is -2.60. The summed E-state index contributed by atoms with van der Waals surface area (Å²) in [6.07, 6.45) is -7.18. The molecule has 0 bridgehead atoms. The van der Waals surface area contributed by atoms with Crippen molar-refractivity contribution in [3.8, 4) is 28.6 Å². The number of nitrogens with one attached hydrogen (secondary N) is 1. The van der Waals surface area contributed by atoms with Crippen molar-refractivity contribution in [1.29, 1.82) is 0 Å². The third-order valence-corrected chi connectivity index (χ3v) is 5.54. The van der Waals surface area contributed by atoms with Crippen molar-refractivity contribution in [3.05, 3.63) is 46.1 Å². The lowest BCUT2D eigenvalue weighted by Gasteiger charge is -2.40. The zero-order valence-corrected chi connectivity index (χ0v) is 17.3. The van der Waals surface area contributed by atoms with Gasteiger partial charge in [0, 0.05) is 5.56 Å². The molecule has 2 heterocycles. The number of phenols is 2. The zero-order valence-electron chi connectivity index (χ0n) is 17.3. The number of ether oxygens (including phenoxy) is 1. The second-order valence-electron chi connectivity index (χ2n) is 7.90. The van der Waals surface area contributed by atoms with Crippen LogP contribution in [0.15, 0.2) is 39.5 Å². The lowest BCUT2D eigenvalue weighted by molar-refractivity contribution is -0.221. The number of hydrogen-bond acceptors (Lipinski definition) is 11. The Morgan fingerprint density at radius 3 is 2.36 bits per heavy atom. The Labute approximate surface area is 186 Å². The molecule has 1 unspecified atom stereocenters. The standard InChI is InChI=1S/C22H23NO10/c1-8-4-10-15(27)18(30)20(9-2-3-12(25)13(26)6-9)33-21(10)11(5-8)23-22-19(31)17(29)16(28)14(7-24)32-22/h2-6,14,16-17,19,22-26,28-31H,7H2,1H3/t14-,16-,17+,19-,22?/m1/s1. The van der Waals surface area contributed by atoms with Gasteiger partial charge in [-0.15, -0.1) is 0 Å². The van der Waals surface area contributed by atoms with Crippen LogP contribution >= 0.6 is 0 Å². The third kappa shape index (κ3) is 3.96. The summed E-state index contributed by atoms with van der Waals surface area (Å²) in [5.74, 6) is -1.87. The van der Waals surface area contributed by atoms with Gasteiger partial charge in [0.25, 0.3) is 0 Å². The SMILES string of the molecule is Cc1cc(NC2O[C@H](CO)[C@@H](O)[C@H](O)[C@H]2O)c2oc(-c3ccc(O)c(O)c3)c(O)c(=O)c2c1. The van der Waals surface area contributed by atoms with E-state index in [1.54, 1.807) is 13.0 Å². The van der Waals surface area contributed by atoms with E-state index < -0.39 is 59.9 Å². The molecule has 176 valence electrons. The predicted molar refractivity (Wildman–Crippen MR) is 115 cm³/mol. The van der Waals surface area contributed by atoms with E-state index in [0.29, 0.717) is 5.56 Å². The van der Waals surface area contributed by atoms with E-state index in [1.165, 1.54) is 12.1 Å². The number of phenolic OH excluding ortho intramolecular Hbond substituents is 2. The molecule has 0 saturated carbocycles. The molecule has 11 nitrogen and oxygen atoms in total. The van der Waals surface area contributed by atoms with Gasteiger partial charge in [-0.1, -0.05) is 0 Å². The first-order valence-electron chi connectivity index (χ1n) is 10.0. The van der Waals surface area contributed by atoms with Gasteiger partial charge in [0.15, 0.2) is 29.1 Å². The van der Waals surface area contributed by atoms with Crippen molar-refractivity contribution in [3.63, 3.8) is 0 Å². The first kappa shape index (κ1) is 22.8. The van der Waals surface area contributed by atoms with E-state index in [-0.39, 0.29) is 28.0 Å². The van der Waals surface area contributed by atoms with Crippen molar-refractivity contribution >= 4 is 16.7 Å². The van der Waals surface area contributed by atoms with Crippen molar-refractivity contribution in [1.82, 2.24) is 0 Å². The number of aliphatic hydroxyl groups is 4. The van der Waals surface area contributed by atoms with E-state index in [2.05, 4.69) is 5.32 Å². The first-order chi connectivity index (χ1) is 15.6. The number of aromatic hydroxyl groups is 3. The fraction of sp³-hybridized carbons (Fsp3) is 0.318. The van der Waals surface area contributed by atoms with E-state index in [4.69, 9.17) is 9.15 Å². The van der Waals surface area contributed by atoms with Crippen LogP contribution < -0.4 is 10.7 Å². The van der Waals surface area contributed by atoms with E-state index >= 15 is 0 Å². The first-order valence-corrected chi connectivity index (χ1v) is 10.0. The molecule has 3 aromatic rings. The van der Waals surface area contributed by atoms with Crippen molar-refractivity contribution in [2.75, 3.05) is 11.9 Å². The van der Waals surface area contributed by atoms with Crippen LogP contribution in [-0.2, 0) is 4.74 Å². The van der Waals surface area contributed by atoms with Gasteiger partial charge in [0.05, 0.1) is 17.7 Å². The average molecular weight is 461 g/mol. The monoisotopic (exact) mass is 461 g/mol. The maximum absolute atomic E-state index is 12.9. The normalized spacial score (nSPS) is 25.3. The molecular formula is C22H23NO10. The highest BCUT2D eigenvalue weighted by molar-refractivity contribution is 5.92. The predicted octanol–water partition coefficient (Wildman–Crippen LogP) is 0.0970. The number of fused-ring (bicyclic) bond motifs is 1. The Morgan fingerprint density at radius 1 is 0.970 bits per heavy atom. The topological polar surface area (TPSA) is 193 Å². The van der Waals surface area contributed by atoms with Crippen LogP contribution in [0.3, 0.4) is 0 Å². The highest BCUT2D eigenvalue weighted by Gasteiger charge is 2.43. The molecule has 0 amide bonds. The van der Waals surface area contributed by atoms with Gasteiger partial charge in [-0.05, 0) is 42.8 Å². The molecule has 1 saturated heterocycles. The minimum absolute atomic E-state index is 0.00587. The van der Waals surface area contributed by atoms with Gasteiger partial charge in [0.1, 0.15) is 24.4 Å². The number of aryl methyl sites for hydroxylation is 1. The second-order valence-corrected chi connectivity index (χ2v) is 7.90. The van der Waals surface area contributed by atoms with Crippen LogP contribution in [0.5, 0.6) is 17.2 Å². The molecule has 8 N–H and O–H groups in total. The Kier molecular flexibility index (Phi) is 5.91. The molecule has 0 radical (unpaired) electrons. The zero-order chi connectivity index (χ0) is 24.0. The van der Waals surface area contributed by atoms with Gasteiger partial charge in [-0.3, -0.25) is 4.79 Å². The molecule has 4 rings (SSSR count). The van der Waals surface area contributed by atoms with E-state index in [0.717, 1.165) is 12.1 Å². The highest BCUT2D eigenvalue weighted by atomic mass is 16.6. The van der Waals surface area contributed by atoms with Crippen LogP contribution in [0.4, 0.5) is 5.69 Å². The van der Waals surface area contributed by atoms with Gasteiger partial charge < -0.3 is 50.2 Å². The summed E-state index contributed by atoms with van der Waals surface area (Å²) < 4.78 is 11.3. The summed E-state index contributed by atoms with van der Waals surface area (Å²) in [4.78, 5) is 12.9. The smallest absolute Gasteiger partial charge is 0.235 e. The lowest BCUT2D eigenvalue weighted by atomic mass is 9.98. The summed E-state index contributed by atoms with van der Waals surface area (Å²) in [6.45, 7) is 1.06. The average Bonchev–Trinajstić information content (AvgIpc) is 2.78. The second kappa shape index (κ2) is 8.54. The van der Waals surface area contributed by atoms with Crippen LogP contribution in [-0.4, -0.2) is 73.0 Å². The molecule has 1 aliphatic heterocycles. The minimum atomic E-state index is -1.61. The Bertz CT molecular complexity index is 1250. The Hall–Kier alpha value is -3.35.